The van der Waals surface area contributed by atoms with Crippen molar-refractivity contribution in [1.29, 1.82) is 0 Å². The number of amides is 1. The van der Waals surface area contributed by atoms with Gasteiger partial charge in [0.25, 0.3) is 5.91 Å². The zero-order valence-corrected chi connectivity index (χ0v) is 13.4. The molecule has 4 rings (SSSR count). The average molecular weight is 311 g/mol. The Kier molecular flexibility index (Phi) is 3.56. The number of hydrogen-bond acceptors (Lipinski definition) is 3. The predicted octanol–water partition coefficient (Wildman–Crippen LogP) is 2.50. The van der Waals surface area contributed by atoms with Crippen LogP contribution in [0.4, 0.5) is 0 Å². The van der Waals surface area contributed by atoms with Gasteiger partial charge in [0.2, 0.25) is 0 Å². The summed E-state index contributed by atoms with van der Waals surface area (Å²) in [5.41, 5.74) is 5.38. The van der Waals surface area contributed by atoms with E-state index in [9.17, 15) is 4.79 Å². The van der Waals surface area contributed by atoms with E-state index < -0.39 is 0 Å². The molecule has 5 heteroatoms. The van der Waals surface area contributed by atoms with Gasteiger partial charge in [-0.05, 0) is 43.0 Å². The first-order valence-corrected chi connectivity index (χ1v) is 8.36. The fourth-order valence-corrected chi connectivity index (χ4v) is 3.50. The van der Waals surface area contributed by atoms with Crippen LogP contribution in [0.5, 0.6) is 5.75 Å². The molecule has 5 nitrogen and oxygen atoms in total. The van der Waals surface area contributed by atoms with Gasteiger partial charge in [0.15, 0.2) is 0 Å². The molecule has 0 radical (unpaired) electrons. The average Bonchev–Trinajstić information content (AvgIpc) is 3.03. The van der Waals surface area contributed by atoms with Crippen molar-refractivity contribution in [2.24, 2.45) is 0 Å². The van der Waals surface area contributed by atoms with Crippen LogP contribution in [0.2, 0.25) is 0 Å². The number of carbonyl (C=O) groups is 1. The van der Waals surface area contributed by atoms with Gasteiger partial charge in [0.1, 0.15) is 5.75 Å². The number of hydrogen-bond donors (Lipinski definition) is 1. The highest BCUT2D eigenvalue weighted by molar-refractivity contribution is 5.94. The topological polar surface area (TPSA) is 58.2 Å². The molecule has 2 aromatic rings. The van der Waals surface area contributed by atoms with Gasteiger partial charge in [0.05, 0.1) is 12.3 Å². The van der Waals surface area contributed by atoms with Crippen LogP contribution >= 0.6 is 0 Å². The number of nitrogens with zero attached hydrogens (tertiary/aromatic N) is 2. The number of aryl methyl sites for hydroxylation is 2. The van der Waals surface area contributed by atoms with Crippen LogP contribution in [0.25, 0.3) is 0 Å². The smallest absolute Gasteiger partial charge is 0.254 e. The molecule has 3 heterocycles. The van der Waals surface area contributed by atoms with Gasteiger partial charge in [-0.3, -0.25) is 9.89 Å². The van der Waals surface area contributed by atoms with Gasteiger partial charge in [-0.25, -0.2) is 0 Å². The maximum Gasteiger partial charge on any atom is 0.254 e. The summed E-state index contributed by atoms with van der Waals surface area (Å²) in [6, 6.07) is 5.83. The number of benzene rings is 1. The fraction of sp³-hybridized carbons (Fsp3) is 0.444. The van der Waals surface area contributed by atoms with Crippen LogP contribution in [0.1, 0.15) is 46.2 Å². The van der Waals surface area contributed by atoms with Crippen molar-refractivity contribution in [2.45, 2.75) is 39.2 Å². The van der Waals surface area contributed by atoms with E-state index in [1.165, 1.54) is 11.3 Å². The van der Waals surface area contributed by atoms with Gasteiger partial charge in [-0.15, -0.1) is 0 Å². The third-order valence-corrected chi connectivity index (χ3v) is 4.80. The zero-order chi connectivity index (χ0) is 15.8. The molecule has 1 aromatic heterocycles. The molecule has 1 amide bonds. The van der Waals surface area contributed by atoms with E-state index in [0.717, 1.165) is 61.4 Å². The van der Waals surface area contributed by atoms with Crippen molar-refractivity contribution < 1.29 is 9.53 Å². The molecule has 0 fully saturated rings. The standard InChI is InChI=1S/C18H21N3O2/c1-2-15-14-11-21(8-7-16(14)20-19-15)18(22)13-5-6-17-12(10-13)4-3-9-23-17/h5-6,10H,2-4,7-9,11H2,1H3,(H,19,20). The second-order valence-corrected chi connectivity index (χ2v) is 6.23. The quantitative estimate of drug-likeness (QED) is 0.927. The van der Waals surface area contributed by atoms with E-state index >= 15 is 0 Å². The molecule has 2 aliphatic rings. The first kappa shape index (κ1) is 14.3. The number of carbonyl (C=O) groups excluding carboxylic acids is 1. The van der Waals surface area contributed by atoms with Crippen LogP contribution < -0.4 is 4.74 Å². The number of aromatic nitrogens is 2. The maximum absolute atomic E-state index is 12.9. The Bertz CT molecular complexity index is 737. The van der Waals surface area contributed by atoms with E-state index in [0.29, 0.717) is 6.54 Å². The molecule has 0 atom stereocenters. The summed E-state index contributed by atoms with van der Waals surface area (Å²) in [7, 11) is 0. The molecule has 1 N–H and O–H groups in total. The summed E-state index contributed by atoms with van der Waals surface area (Å²) < 4.78 is 5.63. The summed E-state index contributed by atoms with van der Waals surface area (Å²) in [5, 5.41) is 7.47. The summed E-state index contributed by atoms with van der Waals surface area (Å²) in [6.07, 6.45) is 3.75. The van der Waals surface area contributed by atoms with Gasteiger partial charge in [-0.1, -0.05) is 6.92 Å². The Morgan fingerprint density at radius 2 is 2.30 bits per heavy atom. The minimum Gasteiger partial charge on any atom is -0.493 e. The Morgan fingerprint density at radius 3 is 3.17 bits per heavy atom. The highest BCUT2D eigenvalue weighted by Gasteiger charge is 2.26. The largest absolute Gasteiger partial charge is 0.493 e. The van der Waals surface area contributed by atoms with Crippen LogP contribution in [0.3, 0.4) is 0 Å². The summed E-state index contributed by atoms with van der Waals surface area (Å²) in [5.74, 6) is 1.03. The van der Waals surface area contributed by atoms with Crippen molar-refractivity contribution in [3.05, 3.63) is 46.3 Å². The van der Waals surface area contributed by atoms with Gasteiger partial charge >= 0.3 is 0 Å². The normalized spacial score (nSPS) is 16.5. The highest BCUT2D eigenvalue weighted by atomic mass is 16.5. The summed E-state index contributed by atoms with van der Waals surface area (Å²) >= 11 is 0. The van der Waals surface area contributed by atoms with E-state index in [1.807, 2.05) is 23.1 Å². The number of nitrogens with one attached hydrogen (secondary N) is 1. The molecule has 0 bridgehead atoms. The SMILES string of the molecule is CCc1n[nH]c2c1CN(C(=O)c1ccc3c(c1)CCCO3)CC2. The van der Waals surface area contributed by atoms with Crippen LogP contribution in [-0.4, -0.2) is 34.2 Å². The Morgan fingerprint density at radius 1 is 1.39 bits per heavy atom. The number of ether oxygens (including phenoxy) is 1. The van der Waals surface area contributed by atoms with E-state index in [1.54, 1.807) is 0 Å². The number of fused-ring (bicyclic) bond motifs is 2. The molecule has 0 saturated carbocycles. The molecular weight excluding hydrogens is 290 g/mol. The van der Waals surface area contributed by atoms with Crippen LogP contribution in [-0.2, 0) is 25.8 Å². The lowest BCUT2D eigenvalue weighted by Gasteiger charge is -2.28. The van der Waals surface area contributed by atoms with E-state index in [4.69, 9.17) is 4.74 Å². The molecule has 1 aromatic carbocycles. The van der Waals surface area contributed by atoms with Crippen molar-refractivity contribution in [1.82, 2.24) is 15.1 Å². The molecule has 0 saturated heterocycles. The Labute approximate surface area is 135 Å². The summed E-state index contributed by atoms with van der Waals surface area (Å²) in [4.78, 5) is 14.8. The molecule has 23 heavy (non-hydrogen) atoms. The van der Waals surface area contributed by atoms with Crippen molar-refractivity contribution in [3.8, 4) is 5.75 Å². The molecule has 0 spiro atoms. The number of rotatable bonds is 2. The molecule has 120 valence electrons. The number of H-pyrrole nitrogens is 1. The fourth-order valence-electron chi connectivity index (χ4n) is 3.50. The third kappa shape index (κ3) is 2.50. The van der Waals surface area contributed by atoms with Gasteiger partial charge in [-0.2, -0.15) is 5.10 Å². The first-order valence-electron chi connectivity index (χ1n) is 8.36. The van der Waals surface area contributed by atoms with Crippen LogP contribution in [0.15, 0.2) is 18.2 Å². The Balaban J connectivity index is 1.58. The minimum absolute atomic E-state index is 0.104. The first-order chi connectivity index (χ1) is 11.3. The lowest BCUT2D eigenvalue weighted by atomic mass is 10.0. The molecule has 2 aliphatic heterocycles. The maximum atomic E-state index is 12.9. The lowest BCUT2D eigenvalue weighted by Crippen LogP contribution is -2.36. The zero-order valence-electron chi connectivity index (χ0n) is 13.4. The molecule has 0 unspecified atom stereocenters. The van der Waals surface area contributed by atoms with Crippen LogP contribution in [0, 0.1) is 0 Å². The Hall–Kier alpha value is -2.30. The number of aromatic amines is 1. The molecular formula is C18H21N3O2. The second kappa shape index (κ2) is 5.72. The van der Waals surface area contributed by atoms with Gasteiger partial charge in [0, 0.05) is 36.3 Å². The van der Waals surface area contributed by atoms with E-state index in [-0.39, 0.29) is 5.91 Å². The highest BCUT2D eigenvalue weighted by Crippen LogP contribution is 2.27. The van der Waals surface area contributed by atoms with Crippen molar-refractivity contribution in [2.75, 3.05) is 13.2 Å². The minimum atomic E-state index is 0.104. The third-order valence-electron chi connectivity index (χ3n) is 4.80. The monoisotopic (exact) mass is 311 g/mol. The lowest BCUT2D eigenvalue weighted by molar-refractivity contribution is 0.0733. The van der Waals surface area contributed by atoms with E-state index in [2.05, 4.69) is 17.1 Å². The van der Waals surface area contributed by atoms with Crippen molar-refractivity contribution >= 4 is 5.91 Å². The van der Waals surface area contributed by atoms with Gasteiger partial charge < -0.3 is 9.64 Å². The predicted molar refractivity (Wildman–Crippen MR) is 86.7 cm³/mol. The van der Waals surface area contributed by atoms with Crippen molar-refractivity contribution in [3.63, 3.8) is 0 Å². The second-order valence-electron chi connectivity index (χ2n) is 6.23. The summed E-state index contributed by atoms with van der Waals surface area (Å²) in [6.45, 7) is 4.27. The molecule has 0 aliphatic carbocycles.